The first-order valence-corrected chi connectivity index (χ1v) is 7.11. The normalized spacial score (nSPS) is 10.5. The number of ketones is 1. The smallest absolute Gasteiger partial charge is 0.280 e. The van der Waals surface area contributed by atoms with Crippen molar-refractivity contribution in [2.24, 2.45) is 4.99 Å². The van der Waals surface area contributed by atoms with Crippen LogP contribution in [0, 0.1) is 10.1 Å². The maximum atomic E-state index is 12.1. The summed E-state index contributed by atoms with van der Waals surface area (Å²) in [6.45, 7) is 1.24. The summed E-state index contributed by atoms with van der Waals surface area (Å²) in [6, 6.07) is 12.7. The topological polar surface area (TPSA) is 102 Å². The van der Waals surface area contributed by atoms with Gasteiger partial charge in [0.2, 0.25) is 5.91 Å². The van der Waals surface area contributed by atoms with Crippen molar-refractivity contribution in [3.63, 3.8) is 0 Å². The molecule has 2 aromatic rings. The zero-order valence-electron chi connectivity index (χ0n) is 12.9. The Labute approximate surface area is 138 Å². The van der Waals surface area contributed by atoms with Crippen LogP contribution in [0.2, 0.25) is 0 Å². The van der Waals surface area contributed by atoms with Gasteiger partial charge < -0.3 is 5.32 Å². The fraction of sp³-hybridized carbons (Fsp3) is 0.118. The van der Waals surface area contributed by atoms with Crippen LogP contribution >= 0.6 is 0 Å². The molecule has 0 saturated carbocycles. The van der Waals surface area contributed by atoms with Crippen molar-refractivity contribution in [2.45, 2.75) is 6.92 Å². The van der Waals surface area contributed by atoms with Gasteiger partial charge in [-0.1, -0.05) is 24.3 Å². The quantitative estimate of drug-likeness (QED) is 0.382. The fourth-order valence-electron chi connectivity index (χ4n) is 2.04. The highest BCUT2D eigenvalue weighted by Gasteiger charge is 2.18. The Morgan fingerprint density at radius 1 is 1.17 bits per heavy atom. The molecule has 122 valence electrons. The Kier molecular flexibility index (Phi) is 5.51. The lowest BCUT2D eigenvalue weighted by Gasteiger charge is -2.02. The largest absolute Gasteiger partial charge is 0.326 e. The molecule has 7 nitrogen and oxygen atoms in total. The molecule has 0 aromatic heterocycles. The molecule has 0 aliphatic heterocycles. The first-order valence-electron chi connectivity index (χ1n) is 7.11. The van der Waals surface area contributed by atoms with Gasteiger partial charge in [0.1, 0.15) is 6.54 Å². The van der Waals surface area contributed by atoms with Gasteiger partial charge in [-0.25, -0.2) is 0 Å². The van der Waals surface area contributed by atoms with Gasteiger partial charge in [-0.15, -0.1) is 0 Å². The minimum Gasteiger partial charge on any atom is -0.326 e. The predicted molar refractivity (Wildman–Crippen MR) is 90.6 cm³/mol. The first kappa shape index (κ1) is 17.0. The SMILES string of the molecule is CC(=O)Nc1ccc(C=NCC(=O)c2ccccc2[N+](=O)[O-])cc1. The first-order chi connectivity index (χ1) is 11.5. The number of carbonyl (C=O) groups is 2. The van der Waals surface area contributed by atoms with E-state index in [1.807, 2.05) is 0 Å². The number of nitrogens with one attached hydrogen (secondary N) is 1. The third-order valence-electron chi connectivity index (χ3n) is 3.11. The van der Waals surface area contributed by atoms with Crippen molar-refractivity contribution in [3.8, 4) is 0 Å². The number of Topliss-reactive ketones (excluding diaryl/α,β-unsaturated/α-hetero) is 1. The lowest BCUT2D eigenvalue weighted by molar-refractivity contribution is -0.385. The number of para-hydroxylation sites is 1. The van der Waals surface area contributed by atoms with Gasteiger partial charge in [0.25, 0.3) is 5.69 Å². The third kappa shape index (κ3) is 4.57. The molecular formula is C17H15N3O4. The molecule has 2 aromatic carbocycles. The molecule has 1 N–H and O–H groups in total. The highest BCUT2D eigenvalue weighted by Crippen LogP contribution is 2.18. The van der Waals surface area contributed by atoms with Crippen molar-refractivity contribution in [1.82, 2.24) is 0 Å². The number of hydrogen-bond acceptors (Lipinski definition) is 5. The van der Waals surface area contributed by atoms with Crippen LogP contribution in [0.15, 0.2) is 53.5 Å². The van der Waals surface area contributed by atoms with E-state index >= 15 is 0 Å². The summed E-state index contributed by atoms with van der Waals surface area (Å²) < 4.78 is 0. The summed E-state index contributed by atoms with van der Waals surface area (Å²) in [4.78, 5) is 37.4. The standard InChI is InChI=1S/C17H15N3O4/c1-12(21)19-14-8-6-13(7-9-14)10-18-11-17(22)15-4-2-3-5-16(15)20(23)24/h2-10H,11H2,1H3,(H,19,21). The zero-order valence-corrected chi connectivity index (χ0v) is 12.9. The van der Waals surface area contributed by atoms with Crippen LogP contribution in [-0.2, 0) is 4.79 Å². The van der Waals surface area contributed by atoms with E-state index in [0.29, 0.717) is 5.69 Å². The summed E-state index contributed by atoms with van der Waals surface area (Å²) in [5.41, 5.74) is 1.23. The van der Waals surface area contributed by atoms with Crippen molar-refractivity contribution >= 4 is 29.3 Å². The van der Waals surface area contributed by atoms with Crippen molar-refractivity contribution < 1.29 is 14.5 Å². The molecule has 24 heavy (non-hydrogen) atoms. The van der Waals surface area contributed by atoms with E-state index in [1.54, 1.807) is 30.3 Å². The lowest BCUT2D eigenvalue weighted by atomic mass is 10.1. The van der Waals surface area contributed by atoms with Gasteiger partial charge in [-0.05, 0) is 23.8 Å². The predicted octanol–water partition coefficient (Wildman–Crippen LogP) is 2.86. The Bertz CT molecular complexity index is 798. The second-order valence-corrected chi connectivity index (χ2v) is 4.97. The number of benzene rings is 2. The van der Waals surface area contributed by atoms with E-state index in [1.165, 1.54) is 31.3 Å². The molecule has 0 atom stereocenters. The Balaban J connectivity index is 2.02. The summed E-state index contributed by atoms with van der Waals surface area (Å²) >= 11 is 0. The number of hydrogen-bond donors (Lipinski definition) is 1. The summed E-state index contributed by atoms with van der Waals surface area (Å²) in [6.07, 6.45) is 1.50. The van der Waals surface area contributed by atoms with E-state index in [2.05, 4.69) is 10.3 Å². The van der Waals surface area contributed by atoms with E-state index in [4.69, 9.17) is 0 Å². The van der Waals surface area contributed by atoms with E-state index in [9.17, 15) is 19.7 Å². The van der Waals surface area contributed by atoms with Crippen molar-refractivity contribution in [1.29, 1.82) is 0 Å². The number of nitro groups is 1. The van der Waals surface area contributed by atoms with Crippen molar-refractivity contribution in [2.75, 3.05) is 11.9 Å². The van der Waals surface area contributed by atoms with Gasteiger partial charge in [0, 0.05) is 24.9 Å². The van der Waals surface area contributed by atoms with Gasteiger partial charge in [-0.3, -0.25) is 24.7 Å². The van der Waals surface area contributed by atoms with Gasteiger partial charge >= 0.3 is 0 Å². The van der Waals surface area contributed by atoms with Crippen LogP contribution < -0.4 is 5.32 Å². The lowest BCUT2D eigenvalue weighted by Crippen LogP contribution is -2.07. The molecule has 0 heterocycles. The maximum absolute atomic E-state index is 12.1. The highest BCUT2D eigenvalue weighted by atomic mass is 16.6. The van der Waals surface area contributed by atoms with Crippen molar-refractivity contribution in [3.05, 3.63) is 69.8 Å². The highest BCUT2D eigenvalue weighted by molar-refractivity contribution is 6.02. The zero-order chi connectivity index (χ0) is 17.5. The molecule has 0 fully saturated rings. The summed E-state index contributed by atoms with van der Waals surface area (Å²) in [5.74, 6) is -0.583. The second-order valence-electron chi connectivity index (χ2n) is 4.97. The molecule has 0 aliphatic carbocycles. The summed E-state index contributed by atoms with van der Waals surface area (Å²) in [5, 5.41) is 13.6. The Morgan fingerprint density at radius 3 is 2.46 bits per heavy atom. The van der Waals surface area contributed by atoms with Crippen LogP contribution in [0.5, 0.6) is 0 Å². The van der Waals surface area contributed by atoms with Crippen LogP contribution in [0.3, 0.4) is 0 Å². The second kappa shape index (κ2) is 7.77. The molecule has 0 saturated heterocycles. The number of nitro benzene ring substituents is 1. The Hall–Kier alpha value is -3.35. The molecular weight excluding hydrogens is 310 g/mol. The minimum absolute atomic E-state index is 0.0423. The van der Waals surface area contributed by atoms with Crippen LogP contribution in [-0.4, -0.2) is 29.4 Å². The van der Waals surface area contributed by atoms with Gasteiger partial charge in [0.05, 0.1) is 10.5 Å². The molecule has 0 radical (unpaired) electrons. The number of anilines is 1. The average molecular weight is 325 g/mol. The van der Waals surface area contributed by atoms with E-state index in [-0.39, 0.29) is 23.7 Å². The average Bonchev–Trinajstić information content (AvgIpc) is 2.56. The molecule has 0 unspecified atom stereocenters. The maximum Gasteiger partial charge on any atom is 0.280 e. The number of aliphatic imine (C=N–C) groups is 1. The fourth-order valence-corrected chi connectivity index (χ4v) is 2.04. The van der Waals surface area contributed by atoms with Crippen LogP contribution in [0.25, 0.3) is 0 Å². The number of nitrogens with zero attached hydrogens (tertiary/aromatic N) is 2. The van der Waals surface area contributed by atoms with E-state index in [0.717, 1.165) is 5.56 Å². The van der Waals surface area contributed by atoms with Crippen LogP contribution in [0.4, 0.5) is 11.4 Å². The minimum atomic E-state index is -0.586. The number of rotatable bonds is 6. The molecule has 0 bridgehead atoms. The number of amides is 1. The Morgan fingerprint density at radius 2 is 1.83 bits per heavy atom. The third-order valence-corrected chi connectivity index (χ3v) is 3.11. The number of carbonyl (C=O) groups excluding carboxylic acids is 2. The molecule has 1 amide bonds. The van der Waals surface area contributed by atoms with Gasteiger partial charge in [0.15, 0.2) is 5.78 Å². The monoisotopic (exact) mass is 325 g/mol. The summed E-state index contributed by atoms with van der Waals surface area (Å²) in [7, 11) is 0. The molecule has 7 heteroatoms. The molecule has 0 spiro atoms. The van der Waals surface area contributed by atoms with Crippen LogP contribution in [0.1, 0.15) is 22.8 Å². The van der Waals surface area contributed by atoms with E-state index < -0.39 is 10.7 Å². The molecule has 0 aliphatic rings. The molecule has 2 rings (SSSR count). The van der Waals surface area contributed by atoms with Gasteiger partial charge in [-0.2, -0.15) is 0 Å².